The van der Waals surface area contributed by atoms with Gasteiger partial charge in [-0.3, -0.25) is 4.79 Å². The molecule has 150 valence electrons. The van der Waals surface area contributed by atoms with Gasteiger partial charge in [-0.05, 0) is 48.5 Å². The number of nitrogens with one attached hydrogen (secondary N) is 2. The van der Waals surface area contributed by atoms with Crippen molar-refractivity contribution in [2.45, 2.75) is 11.8 Å². The molecule has 3 aromatic carbocycles. The lowest BCUT2D eigenvalue weighted by atomic mass is 10.2. The maximum Gasteiger partial charge on any atom is 0.255 e. The van der Waals surface area contributed by atoms with Crippen molar-refractivity contribution in [1.29, 1.82) is 0 Å². The van der Waals surface area contributed by atoms with E-state index in [1.165, 1.54) is 24.3 Å². The van der Waals surface area contributed by atoms with Crippen molar-refractivity contribution in [3.63, 3.8) is 0 Å². The van der Waals surface area contributed by atoms with Crippen LogP contribution in [-0.4, -0.2) is 27.9 Å². The van der Waals surface area contributed by atoms with Crippen LogP contribution in [0.3, 0.4) is 0 Å². The van der Waals surface area contributed by atoms with E-state index in [1.807, 2.05) is 66.5 Å². The van der Waals surface area contributed by atoms with Gasteiger partial charge in [0, 0.05) is 24.8 Å². The summed E-state index contributed by atoms with van der Waals surface area (Å²) in [6, 6.07) is 23.2. The van der Waals surface area contributed by atoms with Crippen molar-refractivity contribution in [3.05, 3.63) is 84.4 Å². The number of nitrogens with zero attached hydrogens (tertiary/aromatic N) is 1. The SMILES string of the molecule is CCNS(=O)(=O)c1ccc(C(=O)Nc2ccccc2N(C)c2ccccc2)cc1. The highest BCUT2D eigenvalue weighted by Crippen LogP contribution is 2.30. The number of sulfonamides is 1. The lowest BCUT2D eigenvalue weighted by molar-refractivity contribution is 0.102. The number of carbonyl (C=O) groups excluding carboxylic acids is 1. The van der Waals surface area contributed by atoms with Crippen LogP contribution in [0.2, 0.25) is 0 Å². The molecule has 3 aromatic rings. The first-order valence-electron chi connectivity index (χ1n) is 9.21. The van der Waals surface area contributed by atoms with Crippen LogP contribution < -0.4 is 14.9 Å². The highest BCUT2D eigenvalue weighted by atomic mass is 32.2. The van der Waals surface area contributed by atoms with Gasteiger partial charge in [0.15, 0.2) is 0 Å². The maximum atomic E-state index is 12.7. The van der Waals surface area contributed by atoms with Gasteiger partial charge in [0.05, 0.1) is 16.3 Å². The largest absolute Gasteiger partial charge is 0.343 e. The fourth-order valence-corrected chi connectivity index (χ4v) is 3.96. The molecule has 0 heterocycles. The number of hydrogen-bond donors (Lipinski definition) is 2. The third-order valence-electron chi connectivity index (χ3n) is 4.42. The summed E-state index contributed by atoms with van der Waals surface area (Å²) in [4.78, 5) is 14.8. The Labute approximate surface area is 171 Å². The van der Waals surface area contributed by atoms with E-state index in [2.05, 4.69) is 10.0 Å². The lowest BCUT2D eigenvalue weighted by Gasteiger charge is -2.22. The summed E-state index contributed by atoms with van der Waals surface area (Å²) in [7, 11) is -1.62. The number of anilines is 3. The highest BCUT2D eigenvalue weighted by molar-refractivity contribution is 7.89. The van der Waals surface area contributed by atoms with Gasteiger partial charge in [-0.1, -0.05) is 37.3 Å². The molecule has 0 bridgehead atoms. The minimum Gasteiger partial charge on any atom is -0.343 e. The maximum absolute atomic E-state index is 12.7. The van der Waals surface area contributed by atoms with E-state index >= 15 is 0 Å². The minimum atomic E-state index is -3.55. The molecule has 0 aliphatic rings. The molecule has 0 saturated carbocycles. The first-order valence-corrected chi connectivity index (χ1v) is 10.7. The Balaban J connectivity index is 1.81. The fourth-order valence-electron chi connectivity index (χ4n) is 2.92. The number of amides is 1. The second-order valence-corrected chi connectivity index (χ2v) is 8.16. The van der Waals surface area contributed by atoms with Crippen LogP contribution >= 0.6 is 0 Å². The lowest BCUT2D eigenvalue weighted by Crippen LogP contribution is -2.23. The fraction of sp³-hybridized carbons (Fsp3) is 0.136. The smallest absolute Gasteiger partial charge is 0.255 e. The zero-order chi connectivity index (χ0) is 20.9. The van der Waals surface area contributed by atoms with Gasteiger partial charge in [-0.15, -0.1) is 0 Å². The Morgan fingerprint density at radius 2 is 1.52 bits per heavy atom. The molecule has 0 radical (unpaired) electrons. The highest BCUT2D eigenvalue weighted by Gasteiger charge is 2.15. The molecule has 3 rings (SSSR count). The molecule has 0 aliphatic carbocycles. The number of carbonyl (C=O) groups is 1. The summed E-state index contributed by atoms with van der Waals surface area (Å²) in [6.07, 6.45) is 0. The molecule has 1 amide bonds. The molecule has 0 atom stereocenters. The van der Waals surface area contributed by atoms with E-state index in [9.17, 15) is 13.2 Å². The van der Waals surface area contributed by atoms with Crippen molar-refractivity contribution < 1.29 is 13.2 Å². The summed E-state index contributed by atoms with van der Waals surface area (Å²) in [5.41, 5.74) is 2.87. The van der Waals surface area contributed by atoms with Crippen molar-refractivity contribution in [3.8, 4) is 0 Å². The number of rotatable bonds is 7. The molecule has 2 N–H and O–H groups in total. The van der Waals surface area contributed by atoms with Crippen molar-refractivity contribution in [2.75, 3.05) is 23.8 Å². The number of benzene rings is 3. The van der Waals surface area contributed by atoms with Crippen LogP contribution in [0.1, 0.15) is 17.3 Å². The Hall–Kier alpha value is -3.16. The molecule has 6 nitrogen and oxygen atoms in total. The second kappa shape index (κ2) is 8.89. The summed E-state index contributed by atoms with van der Waals surface area (Å²) in [5.74, 6) is -0.314. The van der Waals surface area contributed by atoms with Crippen LogP contribution in [0.5, 0.6) is 0 Å². The molecule has 0 fully saturated rings. The van der Waals surface area contributed by atoms with E-state index in [0.29, 0.717) is 17.8 Å². The Kier molecular flexibility index (Phi) is 6.31. The normalized spacial score (nSPS) is 11.1. The van der Waals surface area contributed by atoms with Crippen molar-refractivity contribution >= 4 is 33.0 Å². The quantitative estimate of drug-likeness (QED) is 0.618. The summed E-state index contributed by atoms with van der Waals surface area (Å²) in [5, 5.41) is 2.92. The Morgan fingerprint density at radius 1 is 0.897 bits per heavy atom. The molecule has 29 heavy (non-hydrogen) atoms. The molecule has 0 unspecified atom stereocenters. The average Bonchev–Trinajstić information content (AvgIpc) is 2.74. The van der Waals surface area contributed by atoms with Gasteiger partial charge < -0.3 is 10.2 Å². The van der Waals surface area contributed by atoms with Gasteiger partial charge in [0.2, 0.25) is 10.0 Å². The zero-order valence-corrected chi connectivity index (χ0v) is 17.1. The third-order valence-corrected chi connectivity index (χ3v) is 5.98. The van der Waals surface area contributed by atoms with Crippen molar-refractivity contribution in [2.24, 2.45) is 0 Å². The first kappa shape index (κ1) is 20.6. The zero-order valence-electron chi connectivity index (χ0n) is 16.3. The molecule has 7 heteroatoms. The van der Waals surface area contributed by atoms with Gasteiger partial charge >= 0.3 is 0 Å². The first-order chi connectivity index (χ1) is 13.9. The van der Waals surface area contributed by atoms with Gasteiger partial charge in [-0.2, -0.15) is 0 Å². The Morgan fingerprint density at radius 3 is 2.17 bits per heavy atom. The van der Waals surface area contributed by atoms with E-state index in [-0.39, 0.29) is 10.8 Å². The molecule has 0 aliphatic heterocycles. The molecular formula is C22H23N3O3S. The van der Waals surface area contributed by atoms with Crippen LogP contribution in [0.25, 0.3) is 0 Å². The summed E-state index contributed by atoms with van der Waals surface area (Å²) < 4.78 is 26.5. The molecule has 0 aromatic heterocycles. The minimum absolute atomic E-state index is 0.125. The second-order valence-electron chi connectivity index (χ2n) is 6.39. The number of para-hydroxylation sites is 3. The predicted octanol–water partition coefficient (Wildman–Crippen LogP) is 4.01. The monoisotopic (exact) mass is 409 g/mol. The van der Waals surface area contributed by atoms with Crippen LogP contribution in [-0.2, 0) is 10.0 Å². The number of hydrogen-bond acceptors (Lipinski definition) is 4. The summed E-state index contributed by atoms with van der Waals surface area (Å²) in [6.45, 7) is 2.01. The standard InChI is InChI=1S/C22H23N3O3S/c1-3-23-29(27,28)19-15-13-17(14-16-19)22(26)24-20-11-7-8-12-21(20)25(2)18-9-5-4-6-10-18/h4-16,23H,3H2,1-2H3,(H,24,26). The third kappa shape index (κ3) is 4.82. The van der Waals surface area contributed by atoms with E-state index in [4.69, 9.17) is 0 Å². The van der Waals surface area contributed by atoms with E-state index in [0.717, 1.165) is 11.4 Å². The van der Waals surface area contributed by atoms with Gasteiger partial charge in [0.1, 0.15) is 0 Å². The van der Waals surface area contributed by atoms with Crippen LogP contribution in [0.15, 0.2) is 83.8 Å². The van der Waals surface area contributed by atoms with Crippen LogP contribution in [0, 0.1) is 0 Å². The van der Waals surface area contributed by atoms with Crippen molar-refractivity contribution in [1.82, 2.24) is 4.72 Å². The predicted molar refractivity (Wildman–Crippen MR) is 116 cm³/mol. The molecular weight excluding hydrogens is 386 g/mol. The Bertz CT molecular complexity index is 1080. The molecule has 0 saturated heterocycles. The average molecular weight is 410 g/mol. The topological polar surface area (TPSA) is 78.5 Å². The molecule has 0 spiro atoms. The van der Waals surface area contributed by atoms with E-state index in [1.54, 1.807) is 6.92 Å². The van der Waals surface area contributed by atoms with Gasteiger partial charge in [0.25, 0.3) is 5.91 Å². The van der Waals surface area contributed by atoms with E-state index < -0.39 is 10.0 Å². The summed E-state index contributed by atoms with van der Waals surface area (Å²) >= 11 is 0. The van der Waals surface area contributed by atoms with Gasteiger partial charge in [-0.25, -0.2) is 13.1 Å². The van der Waals surface area contributed by atoms with Crippen LogP contribution in [0.4, 0.5) is 17.1 Å².